The molecule has 0 aromatic rings. The van der Waals surface area contributed by atoms with Crippen LogP contribution in [-0.2, 0) is 9.53 Å². The predicted molar refractivity (Wildman–Crippen MR) is 86.7 cm³/mol. The molecule has 1 heterocycles. The second-order valence-corrected chi connectivity index (χ2v) is 7.98. The molecule has 1 aliphatic heterocycles. The topological polar surface area (TPSA) is 58.6 Å². The summed E-state index contributed by atoms with van der Waals surface area (Å²) in [5.41, 5.74) is -0.210. The summed E-state index contributed by atoms with van der Waals surface area (Å²) in [6, 6.07) is 0. The van der Waals surface area contributed by atoms with Gasteiger partial charge in [-0.3, -0.25) is 0 Å². The Morgan fingerprint density at radius 1 is 1.43 bits per heavy atom. The van der Waals surface area contributed by atoms with Crippen LogP contribution in [0.2, 0.25) is 0 Å². The second kappa shape index (κ2) is 7.63. The summed E-state index contributed by atoms with van der Waals surface area (Å²) in [4.78, 5) is 11.6. The molecule has 0 bridgehead atoms. The zero-order chi connectivity index (χ0) is 15.3. The molecule has 21 heavy (non-hydrogen) atoms. The molecule has 0 spiro atoms. The molecule has 0 atom stereocenters. The van der Waals surface area contributed by atoms with Crippen LogP contribution in [0, 0.1) is 0 Å². The van der Waals surface area contributed by atoms with Crippen molar-refractivity contribution in [2.75, 3.05) is 7.11 Å². The zero-order valence-electron chi connectivity index (χ0n) is 12.0. The van der Waals surface area contributed by atoms with Crippen LogP contribution < -0.4 is 4.33 Å². The number of aliphatic hydroxyl groups is 1. The van der Waals surface area contributed by atoms with E-state index in [0.29, 0.717) is 12.0 Å². The van der Waals surface area contributed by atoms with E-state index >= 15 is 0 Å². The number of nitrogens with one attached hydrogen (secondary N) is 1. The molecule has 116 valence electrons. The third kappa shape index (κ3) is 4.22. The molecule has 4 nitrogen and oxygen atoms in total. The molecular formula is C15H20BrNO3Se. The van der Waals surface area contributed by atoms with Gasteiger partial charge >= 0.3 is 140 Å². The van der Waals surface area contributed by atoms with Crippen LogP contribution in [0.3, 0.4) is 0 Å². The molecule has 0 radical (unpaired) electrons. The number of hydrogen-bond acceptors (Lipinski definition) is 4. The van der Waals surface area contributed by atoms with E-state index in [1.54, 1.807) is 12.3 Å². The fourth-order valence-electron chi connectivity index (χ4n) is 2.59. The van der Waals surface area contributed by atoms with Gasteiger partial charge in [-0.2, -0.15) is 0 Å². The van der Waals surface area contributed by atoms with Gasteiger partial charge in [0.1, 0.15) is 0 Å². The number of allylic oxidation sites excluding steroid dienone is 2. The summed E-state index contributed by atoms with van der Waals surface area (Å²) < 4.78 is 10.0. The number of carbonyl (C=O) groups is 1. The van der Waals surface area contributed by atoms with Crippen molar-refractivity contribution in [1.29, 1.82) is 0 Å². The summed E-state index contributed by atoms with van der Waals surface area (Å²) in [5, 5.41) is 10.9. The third-order valence-electron chi connectivity index (χ3n) is 3.74. The van der Waals surface area contributed by atoms with Crippen molar-refractivity contribution in [3.05, 3.63) is 32.9 Å². The first-order valence-electron chi connectivity index (χ1n) is 7.06. The van der Waals surface area contributed by atoms with E-state index in [2.05, 4.69) is 20.3 Å². The summed E-state index contributed by atoms with van der Waals surface area (Å²) >= 11 is 3.52. The number of methoxy groups -OCH3 is 1. The van der Waals surface area contributed by atoms with Gasteiger partial charge in [-0.15, -0.1) is 0 Å². The number of halogens is 1. The first-order valence-corrected chi connectivity index (χ1v) is 9.56. The van der Waals surface area contributed by atoms with Crippen molar-refractivity contribution >= 4 is 37.1 Å². The van der Waals surface area contributed by atoms with Crippen LogP contribution in [-0.4, -0.2) is 39.0 Å². The number of hydrogen-bond donors (Lipinski definition) is 2. The second-order valence-electron chi connectivity index (χ2n) is 5.24. The van der Waals surface area contributed by atoms with E-state index in [9.17, 15) is 9.90 Å². The summed E-state index contributed by atoms with van der Waals surface area (Å²) in [6.07, 6.45) is 11.0. The summed E-state index contributed by atoms with van der Waals surface area (Å²) in [7, 11) is 1.37. The van der Waals surface area contributed by atoms with Crippen molar-refractivity contribution < 1.29 is 14.6 Å². The molecule has 0 saturated heterocycles. The average Bonchev–Trinajstić information content (AvgIpc) is 2.58. The fraction of sp³-hybridized carbons (Fsp3) is 0.533. The number of carbonyl (C=O) groups excluding carboxylic acids is 1. The Labute approximate surface area is 140 Å². The van der Waals surface area contributed by atoms with Crippen molar-refractivity contribution in [2.24, 2.45) is 0 Å². The van der Waals surface area contributed by atoms with Crippen molar-refractivity contribution in [3.8, 4) is 0 Å². The molecule has 0 aromatic carbocycles. The molecule has 1 saturated carbocycles. The van der Waals surface area contributed by atoms with Crippen molar-refractivity contribution in [2.45, 2.75) is 44.1 Å². The van der Waals surface area contributed by atoms with Crippen LogP contribution in [0.4, 0.5) is 0 Å². The van der Waals surface area contributed by atoms with Crippen LogP contribution in [0.1, 0.15) is 38.5 Å². The molecule has 2 N–H and O–H groups in total. The molecule has 6 heteroatoms. The van der Waals surface area contributed by atoms with Crippen LogP contribution in [0.25, 0.3) is 0 Å². The minimum absolute atomic E-state index is 0.101. The van der Waals surface area contributed by atoms with E-state index in [1.807, 2.05) is 6.08 Å². The first-order chi connectivity index (χ1) is 10.1. The van der Waals surface area contributed by atoms with Crippen LogP contribution >= 0.6 is 15.9 Å². The van der Waals surface area contributed by atoms with Gasteiger partial charge in [0.25, 0.3) is 0 Å². The van der Waals surface area contributed by atoms with Crippen LogP contribution in [0.5, 0.6) is 0 Å². The van der Waals surface area contributed by atoms with Crippen molar-refractivity contribution in [3.63, 3.8) is 0 Å². The zero-order valence-corrected chi connectivity index (χ0v) is 15.3. The standard InChI is InChI=1S/C15H20BrNO3Se/c1-20-14(18)11-6-5-7-12(16)13(21-17-10-11)15(19)8-3-2-4-9-15/h5-6,10,17,19H,2-4,7-9H2,1H3/b6-5-,11-10+,13-12+. The Bertz CT molecular complexity index is 493. The first kappa shape index (κ1) is 16.8. The molecule has 0 unspecified atom stereocenters. The van der Waals surface area contributed by atoms with E-state index in [1.165, 1.54) is 13.5 Å². The molecule has 2 aliphatic rings. The predicted octanol–water partition coefficient (Wildman–Crippen LogP) is 2.51. The molecule has 2 rings (SSSR count). The Kier molecular flexibility index (Phi) is 6.11. The molecule has 1 fully saturated rings. The fourth-order valence-corrected chi connectivity index (χ4v) is 5.44. The third-order valence-corrected chi connectivity index (χ3v) is 7.29. The van der Waals surface area contributed by atoms with Gasteiger partial charge in [-0.05, 0) is 0 Å². The maximum atomic E-state index is 11.6. The summed E-state index contributed by atoms with van der Waals surface area (Å²) in [6.45, 7) is 0. The number of ether oxygens (including phenoxy) is 1. The Morgan fingerprint density at radius 2 is 2.14 bits per heavy atom. The molecule has 1 aliphatic carbocycles. The monoisotopic (exact) mass is 421 g/mol. The van der Waals surface area contributed by atoms with Gasteiger partial charge in [0.05, 0.1) is 0 Å². The molecule has 0 aromatic heterocycles. The Morgan fingerprint density at radius 3 is 2.81 bits per heavy atom. The van der Waals surface area contributed by atoms with Crippen molar-refractivity contribution in [1.82, 2.24) is 4.33 Å². The van der Waals surface area contributed by atoms with Crippen LogP contribution in [0.15, 0.2) is 32.9 Å². The van der Waals surface area contributed by atoms with Gasteiger partial charge in [0.15, 0.2) is 0 Å². The molecular weight excluding hydrogens is 401 g/mol. The van der Waals surface area contributed by atoms with Gasteiger partial charge in [0.2, 0.25) is 0 Å². The SMILES string of the molecule is COC(=O)C1=C/N[Se]/C(C2(O)CCCCC2)=C(/Br)C/C=C\1. The van der Waals surface area contributed by atoms with E-state index in [4.69, 9.17) is 4.74 Å². The van der Waals surface area contributed by atoms with Gasteiger partial charge in [-0.1, -0.05) is 0 Å². The Balaban J connectivity index is 2.20. The Hall–Kier alpha value is -0.551. The number of esters is 1. The normalized spacial score (nSPS) is 30.0. The van der Waals surface area contributed by atoms with Gasteiger partial charge in [0, 0.05) is 0 Å². The quantitative estimate of drug-likeness (QED) is 0.532. The van der Waals surface area contributed by atoms with E-state index in [-0.39, 0.29) is 21.1 Å². The average molecular weight is 421 g/mol. The summed E-state index contributed by atoms with van der Waals surface area (Å²) in [5.74, 6) is -0.356. The van der Waals surface area contributed by atoms with E-state index < -0.39 is 5.60 Å². The minimum atomic E-state index is -0.707. The number of rotatable bonds is 2. The maximum absolute atomic E-state index is 11.6. The van der Waals surface area contributed by atoms with Gasteiger partial charge < -0.3 is 0 Å². The molecule has 0 amide bonds. The van der Waals surface area contributed by atoms with E-state index in [0.717, 1.165) is 34.6 Å². The van der Waals surface area contributed by atoms with Gasteiger partial charge in [-0.25, -0.2) is 0 Å².